The molecule has 0 aliphatic heterocycles. The Morgan fingerprint density at radius 2 is 1.91 bits per heavy atom. The summed E-state index contributed by atoms with van der Waals surface area (Å²) < 4.78 is 8.68. The van der Waals surface area contributed by atoms with E-state index in [0.717, 1.165) is 0 Å². The fourth-order valence-corrected chi connectivity index (χ4v) is 0.535. The molecular weight excluding hydrogens is 150 g/mol. The van der Waals surface area contributed by atoms with E-state index in [1.54, 1.807) is 0 Å². The lowest BCUT2D eigenvalue weighted by molar-refractivity contribution is -0.407. The molecule has 0 aromatic carbocycles. The summed E-state index contributed by atoms with van der Waals surface area (Å²) in [5, 5.41) is 0. The molecule has 0 fully saturated rings. The maximum atomic E-state index is 10.7. The summed E-state index contributed by atoms with van der Waals surface area (Å²) in [7, 11) is 2.50. The van der Waals surface area contributed by atoms with Gasteiger partial charge in [-0.25, -0.2) is 4.79 Å². The van der Waals surface area contributed by atoms with Crippen LogP contribution in [0.25, 0.3) is 0 Å². The maximum absolute atomic E-state index is 10.7. The van der Waals surface area contributed by atoms with Crippen molar-refractivity contribution in [1.29, 1.82) is 0 Å². The van der Waals surface area contributed by atoms with Crippen LogP contribution in [-0.2, 0) is 19.1 Å². The van der Waals surface area contributed by atoms with Crippen molar-refractivity contribution >= 4 is 11.9 Å². The van der Waals surface area contributed by atoms with E-state index in [0.29, 0.717) is 0 Å². The zero-order valence-electron chi connectivity index (χ0n) is 6.62. The molecule has 0 bridgehead atoms. The fourth-order valence-electron chi connectivity index (χ4n) is 0.535. The second-order valence-electron chi connectivity index (χ2n) is 2.00. The number of rotatable bonds is 3. The predicted molar refractivity (Wildman–Crippen MR) is 35.3 cm³/mol. The number of ether oxygens (including phenoxy) is 2. The molecule has 0 radical (unpaired) electrons. The highest BCUT2D eigenvalue weighted by Gasteiger charge is 2.21. The minimum absolute atomic E-state index is 0.0385. The number of hydrogen-bond donors (Lipinski definition) is 1. The van der Waals surface area contributed by atoms with Gasteiger partial charge in [0.05, 0.1) is 14.2 Å². The third-order valence-corrected chi connectivity index (χ3v) is 1.18. The number of carbonyl (C=O) groups is 2. The number of quaternary nitrogens is 1. The van der Waals surface area contributed by atoms with Gasteiger partial charge < -0.3 is 15.2 Å². The molecule has 3 N–H and O–H groups in total. The van der Waals surface area contributed by atoms with Gasteiger partial charge in [0.15, 0.2) is 6.04 Å². The van der Waals surface area contributed by atoms with E-state index >= 15 is 0 Å². The Morgan fingerprint density at radius 3 is 2.27 bits per heavy atom. The average Bonchev–Trinajstić information content (AvgIpc) is 2.02. The Bertz CT molecular complexity index is 157. The number of hydrogen-bond acceptors (Lipinski definition) is 4. The molecular formula is C6H12NO4+. The highest BCUT2D eigenvalue weighted by Crippen LogP contribution is 1.90. The first kappa shape index (κ1) is 9.90. The first-order valence-electron chi connectivity index (χ1n) is 3.09. The zero-order valence-corrected chi connectivity index (χ0v) is 6.62. The Morgan fingerprint density at radius 1 is 1.36 bits per heavy atom. The minimum Gasteiger partial charge on any atom is -0.469 e. The van der Waals surface area contributed by atoms with E-state index in [1.807, 2.05) is 0 Å². The molecule has 0 unspecified atom stereocenters. The van der Waals surface area contributed by atoms with Crippen molar-refractivity contribution in [2.45, 2.75) is 12.5 Å². The van der Waals surface area contributed by atoms with E-state index in [2.05, 4.69) is 15.2 Å². The highest BCUT2D eigenvalue weighted by molar-refractivity contribution is 5.81. The van der Waals surface area contributed by atoms with Crippen molar-refractivity contribution in [3.8, 4) is 0 Å². The van der Waals surface area contributed by atoms with Gasteiger partial charge in [-0.2, -0.15) is 0 Å². The molecule has 0 saturated heterocycles. The van der Waals surface area contributed by atoms with Crippen LogP contribution in [0.5, 0.6) is 0 Å². The summed E-state index contributed by atoms with van der Waals surface area (Å²) in [5.41, 5.74) is 3.42. The largest absolute Gasteiger partial charge is 0.469 e. The molecule has 0 amide bonds. The standard InChI is InChI=1S/C6H11NO4/c1-10-5(8)3-4(7)6(9)11-2/h4H,3,7H2,1-2H3/p+1/t4-/m1/s1. The SMILES string of the molecule is COC(=O)C[C@@H]([NH3+])C(=O)OC. The van der Waals surface area contributed by atoms with Crippen molar-refractivity contribution < 1.29 is 24.8 Å². The van der Waals surface area contributed by atoms with E-state index in [4.69, 9.17) is 0 Å². The lowest BCUT2D eigenvalue weighted by atomic mass is 10.2. The van der Waals surface area contributed by atoms with E-state index in [9.17, 15) is 9.59 Å². The van der Waals surface area contributed by atoms with Gasteiger partial charge in [0, 0.05) is 0 Å². The summed E-state index contributed by atoms with van der Waals surface area (Å²) in [6.45, 7) is 0. The van der Waals surface area contributed by atoms with Gasteiger partial charge in [0.2, 0.25) is 0 Å². The van der Waals surface area contributed by atoms with Gasteiger partial charge in [-0.05, 0) is 0 Å². The third kappa shape index (κ3) is 3.57. The van der Waals surface area contributed by atoms with Crippen LogP contribution in [0.3, 0.4) is 0 Å². The maximum Gasteiger partial charge on any atom is 0.365 e. The normalized spacial score (nSPS) is 11.9. The van der Waals surface area contributed by atoms with E-state index in [-0.39, 0.29) is 6.42 Å². The molecule has 0 aromatic rings. The third-order valence-electron chi connectivity index (χ3n) is 1.18. The van der Waals surface area contributed by atoms with Crippen LogP contribution in [0.4, 0.5) is 0 Å². The molecule has 1 atom stereocenters. The smallest absolute Gasteiger partial charge is 0.365 e. The van der Waals surface area contributed by atoms with Gasteiger partial charge in [-0.1, -0.05) is 0 Å². The zero-order chi connectivity index (χ0) is 8.85. The quantitative estimate of drug-likeness (QED) is 0.503. The predicted octanol–water partition coefficient (Wildman–Crippen LogP) is -1.67. The molecule has 64 valence electrons. The first-order chi connectivity index (χ1) is 5.11. The number of esters is 2. The fraction of sp³-hybridized carbons (Fsp3) is 0.667. The first-order valence-corrected chi connectivity index (χ1v) is 3.09. The van der Waals surface area contributed by atoms with Gasteiger partial charge in [0.1, 0.15) is 6.42 Å². The van der Waals surface area contributed by atoms with Gasteiger partial charge >= 0.3 is 11.9 Å². The summed E-state index contributed by atoms with van der Waals surface area (Å²) in [5.74, 6) is -0.967. The van der Waals surface area contributed by atoms with Crippen molar-refractivity contribution in [1.82, 2.24) is 0 Å². The Balaban J connectivity index is 3.77. The average molecular weight is 162 g/mol. The van der Waals surface area contributed by atoms with Crippen LogP contribution in [0, 0.1) is 0 Å². The van der Waals surface area contributed by atoms with Crippen LogP contribution < -0.4 is 5.73 Å². The number of carbonyl (C=O) groups excluding carboxylic acids is 2. The van der Waals surface area contributed by atoms with Crippen LogP contribution in [0.15, 0.2) is 0 Å². The highest BCUT2D eigenvalue weighted by atomic mass is 16.5. The van der Waals surface area contributed by atoms with Crippen LogP contribution in [0.2, 0.25) is 0 Å². The summed E-state index contributed by atoms with van der Waals surface area (Å²) in [4.78, 5) is 21.2. The Labute approximate surface area is 64.5 Å². The molecule has 0 saturated carbocycles. The lowest BCUT2D eigenvalue weighted by Crippen LogP contribution is -2.65. The van der Waals surface area contributed by atoms with E-state index < -0.39 is 18.0 Å². The summed E-state index contributed by atoms with van der Waals surface area (Å²) >= 11 is 0. The van der Waals surface area contributed by atoms with Crippen molar-refractivity contribution in [2.24, 2.45) is 0 Å². The molecule has 11 heavy (non-hydrogen) atoms. The molecule has 5 heteroatoms. The second kappa shape index (κ2) is 4.68. The molecule has 0 aromatic heterocycles. The molecule has 0 rings (SSSR count). The van der Waals surface area contributed by atoms with Gasteiger partial charge in [-0.3, -0.25) is 4.79 Å². The van der Waals surface area contributed by atoms with Gasteiger partial charge in [0.25, 0.3) is 0 Å². The Kier molecular flexibility index (Phi) is 4.21. The number of methoxy groups -OCH3 is 2. The minimum atomic E-state index is -0.674. The molecule has 0 spiro atoms. The van der Waals surface area contributed by atoms with Crippen molar-refractivity contribution in [3.63, 3.8) is 0 Å². The molecule has 0 heterocycles. The second-order valence-corrected chi connectivity index (χ2v) is 2.00. The summed E-state index contributed by atoms with van der Waals surface area (Å²) in [6, 6.07) is -0.674. The lowest BCUT2D eigenvalue weighted by Gasteiger charge is -2.03. The summed E-state index contributed by atoms with van der Waals surface area (Å²) in [6.07, 6.45) is -0.0385. The van der Waals surface area contributed by atoms with Gasteiger partial charge in [-0.15, -0.1) is 0 Å². The molecule has 0 aliphatic rings. The Hall–Kier alpha value is -1.10. The monoisotopic (exact) mass is 162 g/mol. The van der Waals surface area contributed by atoms with E-state index in [1.165, 1.54) is 14.2 Å². The van der Waals surface area contributed by atoms with Crippen LogP contribution >= 0.6 is 0 Å². The topological polar surface area (TPSA) is 80.2 Å². The van der Waals surface area contributed by atoms with Crippen LogP contribution in [0.1, 0.15) is 6.42 Å². The molecule has 5 nitrogen and oxygen atoms in total. The molecule has 0 aliphatic carbocycles. The van der Waals surface area contributed by atoms with Crippen molar-refractivity contribution in [2.75, 3.05) is 14.2 Å². The van der Waals surface area contributed by atoms with Crippen LogP contribution in [-0.4, -0.2) is 32.2 Å². The van der Waals surface area contributed by atoms with Crippen molar-refractivity contribution in [3.05, 3.63) is 0 Å².